The number of nitrogens with two attached hydrogens (primary N) is 1. The lowest BCUT2D eigenvalue weighted by Crippen LogP contribution is -2.43. The van der Waals surface area contributed by atoms with Crippen molar-refractivity contribution in [3.63, 3.8) is 0 Å². The van der Waals surface area contributed by atoms with E-state index in [-0.39, 0.29) is 21.9 Å². The Kier molecular flexibility index (Phi) is 18.1. The van der Waals surface area contributed by atoms with Crippen LogP contribution in [0.15, 0.2) is 109 Å². The quantitative estimate of drug-likeness (QED) is 0.101. The van der Waals surface area contributed by atoms with Gasteiger partial charge in [0.2, 0.25) is 0 Å². The molecule has 0 unspecified atom stereocenters. The number of anilines is 2. The lowest BCUT2D eigenvalue weighted by Gasteiger charge is -2.36. The second-order valence-corrected chi connectivity index (χ2v) is 27.0. The highest BCUT2D eigenvalue weighted by molar-refractivity contribution is 6.75. The van der Waals surface area contributed by atoms with E-state index in [4.69, 9.17) is 42.5 Å². The molecule has 0 atom stereocenters. The fraction of sp³-hybridized carbons (Fsp3) is 0.318. The van der Waals surface area contributed by atoms with Gasteiger partial charge in [0, 0.05) is 23.1 Å². The largest absolute Gasteiger partial charge is 0.542 e. The van der Waals surface area contributed by atoms with Gasteiger partial charge in [-0.2, -0.15) is 0 Å². The second kappa shape index (κ2) is 22.0. The Morgan fingerprint density at radius 1 is 0.633 bits per heavy atom. The van der Waals surface area contributed by atoms with Crippen LogP contribution in [0, 0.1) is 5.82 Å². The van der Waals surface area contributed by atoms with E-state index in [1.54, 1.807) is 42.7 Å². The van der Waals surface area contributed by atoms with Crippen molar-refractivity contribution in [2.45, 2.75) is 90.9 Å². The summed E-state index contributed by atoms with van der Waals surface area (Å²) in [6, 6.07) is 26.7. The number of nitrogens with one attached hydrogen (secondary N) is 3. The number of halogens is 3. The Morgan fingerprint density at radius 2 is 1.05 bits per heavy atom. The lowest BCUT2D eigenvalue weighted by molar-refractivity contribution is 0.215. The molecule has 0 aliphatic rings. The number of carbonyl (C=O) groups is 2. The van der Waals surface area contributed by atoms with Gasteiger partial charge in [-0.1, -0.05) is 89.0 Å². The van der Waals surface area contributed by atoms with Crippen LogP contribution < -0.4 is 35.3 Å². The first-order valence-corrected chi connectivity index (χ1v) is 25.8. The molecule has 5 rings (SSSR count). The number of nitrogens with zero attached hydrogens (tertiary/aromatic N) is 2. The molecule has 0 spiro atoms. The predicted molar refractivity (Wildman–Crippen MR) is 247 cm³/mol. The van der Waals surface area contributed by atoms with Crippen molar-refractivity contribution in [2.24, 2.45) is 5.73 Å². The highest BCUT2D eigenvalue weighted by atomic mass is 35.5. The van der Waals surface area contributed by atoms with Crippen molar-refractivity contribution in [3.05, 3.63) is 136 Å². The van der Waals surface area contributed by atoms with Crippen molar-refractivity contribution in [1.29, 1.82) is 0 Å². The summed E-state index contributed by atoms with van der Waals surface area (Å²) < 4.78 is 30.2. The average molecular weight is 896 g/mol. The van der Waals surface area contributed by atoms with E-state index < -0.39 is 28.5 Å². The first-order valence-electron chi connectivity index (χ1n) is 19.2. The Hall–Kier alpha value is -5.00. The van der Waals surface area contributed by atoms with Gasteiger partial charge in [-0.15, -0.1) is 0 Å². The lowest BCUT2D eigenvalue weighted by atomic mass is 10.2. The highest BCUT2D eigenvalue weighted by Gasteiger charge is 2.40. The summed E-state index contributed by atoms with van der Waals surface area (Å²) in [7, 11) is -3.83. The molecule has 16 heteroatoms. The summed E-state index contributed by atoms with van der Waals surface area (Å²) in [6.45, 7) is 22.7. The number of urea groups is 1. The molecule has 0 bridgehead atoms. The number of hydrogen-bond donors (Lipinski definition) is 4. The van der Waals surface area contributed by atoms with Crippen LogP contribution in [0.4, 0.5) is 25.6 Å². The van der Waals surface area contributed by atoms with E-state index in [0.717, 1.165) is 21.9 Å². The minimum Gasteiger partial charge on any atom is -0.542 e. The van der Waals surface area contributed by atoms with E-state index in [0.29, 0.717) is 35.5 Å². The number of pyridine rings is 2. The summed E-state index contributed by atoms with van der Waals surface area (Å²) in [5.41, 5.74) is 7.44. The standard InChI is InChI=1S/C19H26ClN3O2Si.C18H23FN2O3Si.C7H8ClN/c1-19(2,3)26(4,5)25-16-10-11-17(21-13-16)23-18(24)22-12-14-6-8-15(20)9-7-14;1-18(2,3)25(4,5)24-15-10-11-16(20-12-15)21-17(22)23-14-8-6-13(19)7-9-14;8-7-3-1-6(5-9)2-4-7/h6-11,13H,12H2,1-5H3,(H2,21,22,23,24);6-12H,1-5H3,(H,20,21,22);1-4H,5,9H2. The third-order valence-electron chi connectivity index (χ3n) is 9.84. The van der Waals surface area contributed by atoms with Crippen LogP contribution in [-0.2, 0) is 13.1 Å². The smallest absolute Gasteiger partial charge is 0.418 e. The first kappa shape index (κ1) is 49.4. The minimum atomic E-state index is -1.93. The van der Waals surface area contributed by atoms with Crippen molar-refractivity contribution in [3.8, 4) is 17.2 Å². The fourth-order valence-corrected chi connectivity index (χ4v) is 6.51. The number of amides is 3. The van der Waals surface area contributed by atoms with Gasteiger partial charge in [0.25, 0.3) is 16.6 Å². The van der Waals surface area contributed by atoms with Gasteiger partial charge >= 0.3 is 12.1 Å². The van der Waals surface area contributed by atoms with E-state index in [2.05, 4.69) is 93.6 Å². The molecule has 0 fully saturated rings. The van der Waals surface area contributed by atoms with Crippen LogP contribution in [0.25, 0.3) is 0 Å². The average Bonchev–Trinajstić information content (AvgIpc) is 3.17. The van der Waals surface area contributed by atoms with Crippen molar-refractivity contribution < 1.29 is 27.6 Å². The maximum atomic E-state index is 12.8. The van der Waals surface area contributed by atoms with Gasteiger partial charge in [-0.05, 0) is 120 Å². The summed E-state index contributed by atoms with van der Waals surface area (Å²) in [5, 5.41) is 9.64. The zero-order chi connectivity index (χ0) is 44.7. The Balaban J connectivity index is 0.000000266. The molecule has 3 amide bonds. The third-order valence-corrected chi connectivity index (χ3v) is 19.1. The maximum Gasteiger partial charge on any atom is 0.418 e. The van der Waals surface area contributed by atoms with Crippen LogP contribution in [0.5, 0.6) is 17.2 Å². The van der Waals surface area contributed by atoms with E-state index in [1.165, 1.54) is 24.3 Å². The van der Waals surface area contributed by atoms with Gasteiger partial charge in [-0.3, -0.25) is 10.6 Å². The molecule has 5 aromatic rings. The first-order chi connectivity index (χ1) is 28.0. The van der Waals surface area contributed by atoms with Gasteiger partial charge in [0.1, 0.15) is 34.7 Å². The molecule has 2 heterocycles. The zero-order valence-electron chi connectivity index (χ0n) is 36.0. The Morgan fingerprint density at radius 3 is 1.45 bits per heavy atom. The monoisotopic (exact) mass is 894 g/mol. The number of aromatic nitrogens is 2. The molecule has 5 N–H and O–H groups in total. The van der Waals surface area contributed by atoms with Crippen molar-refractivity contribution in [2.75, 3.05) is 10.6 Å². The van der Waals surface area contributed by atoms with Gasteiger partial charge in [-0.25, -0.2) is 23.9 Å². The molecule has 322 valence electrons. The summed E-state index contributed by atoms with van der Waals surface area (Å²) in [4.78, 5) is 32.2. The molecule has 11 nitrogen and oxygen atoms in total. The van der Waals surface area contributed by atoms with Gasteiger partial charge in [0.15, 0.2) is 0 Å². The number of carbonyl (C=O) groups excluding carboxylic acids is 2. The molecular formula is C44H57Cl2FN6O5Si2. The van der Waals surface area contributed by atoms with Crippen LogP contribution >= 0.6 is 23.2 Å². The third kappa shape index (κ3) is 16.9. The Bertz CT molecular complexity index is 2100. The zero-order valence-corrected chi connectivity index (χ0v) is 39.5. The molecule has 0 aliphatic heterocycles. The van der Waals surface area contributed by atoms with E-state index >= 15 is 0 Å². The van der Waals surface area contributed by atoms with Crippen LogP contribution in [-0.4, -0.2) is 38.7 Å². The maximum absolute atomic E-state index is 12.8. The van der Waals surface area contributed by atoms with Crippen LogP contribution in [0.1, 0.15) is 52.7 Å². The number of rotatable bonds is 10. The summed E-state index contributed by atoms with van der Waals surface area (Å²) in [5.74, 6) is 2.06. The SMILES string of the molecule is CC(C)(C)[Si](C)(C)Oc1ccc(NC(=O)NCc2ccc(Cl)cc2)nc1.CC(C)(C)[Si](C)(C)Oc1ccc(NC(=O)Oc2ccc(F)cc2)nc1.NCc1ccc(Cl)cc1. The fourth-order valence-electron chi connectivity index (χ4n) is 4.23. The number of benzene rings is 3. The molecule has 3 aromatic carbocycles. The summed E-state index contributed by atoms with van der Waals surface area (Å²) >= 11 is 11.5. The van der Waals surface area contributed by atoms with Crippen LogP contribution in [0.2, 0.25) is 46.3 Å². The summed E-state index contributed by atoms with van der Waals surface area (Å²) in [6.07, 6.45) is 2.53. The van der Waals surface area contributed by atoms with Gasteiger partial charge < -0.3 is 24.6 Å². The molecule has 0 saturated heterocycles. The van der Waals surface area contributed by atoms with Crippen molar-refractivity contribution in [1.82, 2.24) is 15.3 Å². The molecular weight excluding hydrogens is 839 g/mol. The van der Waals surface area contributed by atoms with E-state index in [9.17, 15) is 14.0 Å². The highest BCUT2D eigenvalue weighted by Crippen LogP contribution is 2.38. The molecule has 0 saturated carbocycles. The normalized spacial score (nSPS) is 11.4. The van der Waals surface area contributed by atoms with Crippen molar-refractivity contribution >= 4 is 63.6 Å². The molecule has 0 aliphatic carbocycles. The van der Waals surface area contributed by atoms with Gasteiger partial charge in [0.05, 0.1) is 12.4 Å². The molecule has 2 aromatic heterocycles. The second-order valence-electron chi connectivity index (χ2n) is 16.7. The molecule has 60 heavy (non-hydrogen) atoms. The molecule has 0 radical (unpaired) electrons. The van der Waals surface area contributed by atoms with Crippen LogP contribution in [0.3, 0.4) is 0 Å². The number of ether oxygens (including phenoxy) is 1. The predicted octanol–water partition coefficient (Wildman–Crippen LogP) is 12.5. The number of hydrogen-bond acceptors (Lipinski definition) is 8. The minimum absolute atomic E-state index is 0.0862. The van der Waals surface area contributed by atoms with E-state index in [1.807, 2.05) is 42.5 Å². The Labute approximate surface area is 365 Å². The topological polar surface area (TPSA) is 150 Å².